The van der Waals surface area contributed by atoms with Gasteiger partial charge in [-0.2, -0.15) is 0 Å². The molecule has 0 saturated heterocycles. The maximum absolute atomic E-state index is 11.6. The molecule has 0 aliphatic carbocycles. The van der Waals surface area contributed by atoms with Crippen LogP contribution in [0, 0.1) is 5.92 Å². The maximum atomic E-state index is 11.6. The van der Waals surface area contributed by atoms with Gasteiger partial charge in [0.15, 0.2) is 0 Å². The van der Waals surface area contributed by atoms with Crippen molar-refractivity contribution in [2.75, 3.05) is 7.11 Å². The smallest absolute Gasteiger partial charge is 0.328 e. The van der Waals surface area contributed by atoms with E-state index in [9.17, 15) is 9.59 Å². The Kier molecular flexibility index (Phi) is 6.46. The zero-order valence-corrected chi connectivity index (χ0v) is 10.7. The summed E-state index contributed by atoms with van der Waals surface area (Å²) in [5, 5.41) is 2.64. The largest absolute Gasteiger partial charge is 0.467 e. The van der Waals surface area contributed by atoms with Crippen LogP contribution in [0.2, 0.25) is 0 Å². The number of nitrogens with one attached hydrogen (secondary N) is 1. The number of esters is 1. The summed E-state index contributed by atoms with van der Waals surface area (Å²) in [5.74, 6) is -0.652. The minimum Gasteiger partial charge on any atom is -0.467 e. The van der Waals surface area contributed by atoms with Gasteiger partial charge in [0.1, 0.15) is 6.04 Å². The van der Waals surface area contributed by atoms with Crippen LogP contribution in [0.1, 0.15) is 34.1 Å². The van der Waals surface area contributed by atoms with Crippen molar-refractivity contribution < 1.29 is 14.3 Å². The second-order valence-electron chi connectivity index (χ2n) is 4.10. The molecule has 0 aromatic heterocycles. The summed E-state index contributed by atoms with van der Waals surface area (Å²) < 4.78 is 4.63. The Morgan fingerprint density at radius 1 is 1.38 bits per heavy atom. The van der Waals surface area contributed by atoms with Gasteiger partial charge in [-0.05, 0) is 19.3 Å². The number of carbonyl (C=O) groups is 2. The fourth-order valence-corrected chi connectivity index (χ4v) is 1.15. The first kappa shape index (κ1) is 14.7. The van der Waals surface area contributed by atoms with Gasteiger partial charge >= 0.3 is 5.97 Å². The Morgan fingerprint density at radius 3 is 2.31 bits per heavy atom. The number of hydrogen-bond acceptors (Lipinski definition) is 3. The van der Waals surface area contributed by atoms with Crippen LogP contribution in [0.25, 0.3) is 0 Å². The number of ether oxygens (including phenoxy) is 1. The number of rotatable bonds is 5. The standard InChI is InChI=1S/C12H21NO3/c1-6-9(4)7-10(14)13-11(8(2)3)12(15)16-5/h7-8,11H,6H2,1-5H3,(H,13,14)/b9-7+. The first-order valence-electron chi connectivity index (χ1n) is 5.47. The molecule has 16 heavy (non-hydrogen) atoms. The summed E-state index contributed by atoms with van der Waals surface area (Å²) in [4.78, 5) is 22.9. The summed E-state index contributed by atoms with van der Waals surface area (Å²) in [6, 6.07) is -0.585. The molecule has 4 nitrogen and oxygen atoms in total. The quantitative estimate of drug-likeness (QED) is 0.574. The number of carbonyl (C=O) groups excluding carboxylic acids is 2. The first-order valence-corrected chi connectivity index (χ1v) is 5.47. The Hall–Kier alpha value is -1.32. The molecular formula is C12H21NO3. The predicted octanol–water partition coefficient (Wildman–Crippen LogP) is 1.66. The highest BCUT2D eigenvalue weighted by Crippen LogP contribution is 2.04. The number of allylic oxidation sites excluding steroid dienone is 1. The van der Waals surface area contributed by atoms with Crippen LogP contribution in [0.4, 0.5) is 0 Å². The molecule has 0 fully saturated rings. The van der Waals surface area contributed by atoms with Gasteiger partial charge in [0.25, 0.3) is 0 Å². The van der Waals surface area contributed by atoms with Crippen molar-refractivity contribution in [1.82, 2.24) is 5.32 Å². The minimum atomic E-state index is -0.585. The molecule has 1 atom stereocenters. The molecule has 0 aliphatic rings. The van der Waals surface area contributed by atoms with Crippen LogP contribution in [-0.2, 0) is 14.3 Å². The third-order valence-electron chi connectivity index (χ3n) is 2.35. The zero-order valence-electron chi connectivity index (χ0n) is 10.7. The van der Waals surface area contributed by atoms with Crippen LogP contribution < -0.4 is 5.32 Å². The van der Waals surface area contributed by atoms with E-state index < -0.39 is 12.0 Å². The number of amides is 1. The second-order valence-corrected chi connectivity index (χ2v) is 4.10. The van der Waals surface area contributed by atoms with Gasteiger partial charge in [0, 0.05) is 6.08 Å². The molecule has 92 valence electrons. The maximum Gasteiger partial charge on any atom is 0.328 e. The van der Waals surface area contributed by atoms with Crippen LogP contribution in [0.5, 0.6) is 0 Å². The lowest BCUT2D eigenvalue weighted by Gasteiger charge is -2.18. The molecule has 1 amide bonds. The summed E-state index contributed by atoms with van der Waals surface area (Å²) >= 11 is 0. The Bertz CT molecular complexity index is 282. The Morgan fingerprint density at radius 2 is 1.94 bits per heavy atom. The van der Waals surface area contributed by atoms with Crippen molar-refractivity contribution in [2.24, 2.45) is 5.92 Å². The van der Waals surface area contributed by atoms with Crippen molar-refractivity contribution in [3.63, 3.8) is 0 Å². The van der Waals surface area contributed by atoms with Crippen LogP contribution in [0.15, 0.2) is 11.6 Å². The second kappa shape index (κ2) is 7.04. The predicted molar refractivity (Wildman–Crippen MR) is 62.8 cm³/mol. The molecule has 0 aromatic carbocycles. The summed E-state index contributed by atoms with van der Waals surface area (Å²) in [5.41, 5.74) is 0.977. The van der Waals surface area contributed by atoms with E-state index in [0.717, 1.165) is 12.0 Å². The first-order chi connectivity index (χ1) is 7.42. The van der Waals surface area contributed by atoms with E-state index in [-0.39, 0.29) is 11.8 Å². The van der Waals surface area contributed by atoms with E-state index in [1.165, 1.54) is 13.2 Å². The lowest BCUT2D eigenvalue weighted by atomic mass is 10.0. The van der Waals surface area contributed by atoms with E-state index in [1.54, 1.807) is 0 Å². The van der Waals surface area contributed by atoms with Crippen molar-refractivity contribution in [3.8, 4) is 0 Å². The molecule has 0 aliphatic heterocycles. The van der Waals surface area contributed by atoms with Crippen molar-refractivity contribution >= 4 is 11.9 Å². The van der Waals surface area contributed by atoms with Crippen molar-refractivity contribution in [1.29, 1.82) is 0 Å². The molecule has 0 bridgehead atoms. The van der Waals surface area contributed by atoms with Gasteiger partial charge in [-0.15, -0.1) is 0 Å². The average molecular weight is 227 g/mol. The average Bonchev–Trinajstić information content (AvgIpc) is 2.24. The normalized spacial score (nSPS) is 13.5. The van der Waals surface area contributed by atoms with E-state index in [0.29, 0.717) is 0 Å². The van der Waals surface area contributed by atoms with Gasteiger partial charge in [0.2, 0.25) is 5.91 Å². The third kappa shape index (κ3) is 4.96. The third-order valence-corrected chi connectivity index (χ3v) is 2.35. The highest BCUT2D eigenvalue weighted by Gasteiger charge is 2.23. The molecule has 0 rings (SSSR count). The Balaban J connectivity index is 4.53. The van der Waals surface area contributed by atoms with Gasteiger partial charge in [-0.25, -0.2) is 4.79 Å². The molecule has 0 saturated carbocycles. The van der Waals surface area contributed by atoms with E-state index in [2.05, 4.69) is 10.1 Å². The molecule has 0 spiro atoms. The fraction of sp³-hybridized carbons (Fsp3) is 0.667. The van der Waals surface area contributed by atoms with E-state index in [4.69, 9.17) is 0 Å². The molecule has 1 unspecified atom stereocenters. The zero-order chi connectivity index (χ0) is 12.7. The SMILES string of the molecule is CC/C(C)=C/C(=O)NC(C(=O)OC)C(C)C. The lowest BCUT2D eigenvalue weighted by Crippen LogP contribution is -2.44. The number of hydrogen-bond donors (Lipinski definition) is 1. The molecule has 4 heteroatoms. The number of methoxy groups -OCH3 is 1. The van der Waals surface area contributed by atoms with Crippen molar-refractivity contribution in [3.05, 3.63) is 11.6 Å². The summed E-state index contributed by atoms with van der Waals surface area (Å²) in [6.45, 7) is 7.57. The van der Waals surface area contributed by atoms with Crippen LogP contribution in [-0.4, -0.2) is 25.0 Å². The molecule has 0 aromatic rings. The summed E-state index contributed by atoms with van der Waals surface area (Å²) in [7, 11) is 1.32. The molecule has 0 radical (unpaired) electrons. The van der Waals surface area contributed by atoms with E-state index >= 15 is 0 Å². The van der Waals surface area contributed by atoms with Gasteiger partial charge < -0.3 is 10.1 Å². The highest BCUT2D eigenvalue weighted by atomic mass is 16.5. The Labute approximate surface area is 97.1 Å². The van der Waals surface area contributed by atoms with E-state index in [1.807, 2.05) is 27.7 Å². The fourth-order valence-electron chi connectivity index (χ4n) is 1.15. The van der Waals surface area contributed by atoms with Crippen LogP contribution >= 0.6 is 0 Å². The topological polar surface area (TPSA) is 55.4 Å². The molecule has 1 N–H and O–H groups in total. The molecular weight excluding hydrogens is 206 g/mol. The van der Waals surface area contributed by atoms with Gasteiger partial charge in [-0.3, -0.25) is 4.79 Å². The van der Waals surface area contributed by atoms with Crippen LogP contribution in [0.3, 0.4) is 0 Å². The summed E-state index contributed by atoms with van der Waals surface area (Å²) in [6.07, 6.45) is 2.33. The van der Waals surface area contributed by atoms with Crippen molar-refractivity contribution in [2.45, 2.75) is 40.2 Å². The minimum absolute atomic E-state index is 0.00623. The van der Waals surface area contributed by atoms with Gasteiger partial charge in [-0.1, -0.05) is 26.3 Å². The highest BCUT2D eigenvalue weighted by molar-refractivity contribution is 5.92. The monoisotopic (exact) mass is 227 g/mol. The lowest BCUT2D eigenvalue weighted by molar-refractivity contribution is -0.145. The van der Waals surface area contributed by atoms with Gasteiger partial charge in [0.05, 0.1) is 7.11 Å². The molecule has 0 heterocycles.